The number of benzene rings is 1. The number of nitrogens with two attached hydrogens (primary N) is 1. The van der Waals surface area contributed by atoms with E-state index in [1.54, 1.807) is 23.5 Å². The Morgan fingerprint density at radius 1 is 1.39 bits per heavy atom. The van der Waals surface area contributed by atoms with E-state index in [2.05, 4.69) is 0 Å². The molecule has 0 radical (unpaired) electrons. The van der Waals surface area contributed by atoms with E-state index >= 15 is 0 Å². The Kier molecular flexibility index (Phi) is 4.33. The minimum absolute atomic E-state index is 0.167. The van der Waals surface area contributed by atoms with E-state index in [-0.39, 0.29) is 17.6 Å². The molecule has 0 unspecified atom stereocenters. The molecule has 1 aromatic carbocycles. The van der Waals surface area contributed by atoms with Crippen molar-refractivity contribution in [3.8, 4) is 5.75 Å². The number of ether oxygens (including phenoxy) is 1. The Bertz CT molecular complexity index is 497. The van der Waals surface area contributed by atoms with Crippen molar-refractivity contribution >= 4 is 11.3 Å². The molecule has 0 aliphatic heterocycles. The highest BCUT2D eigenvalue weighted by Crippen LogP contribution is 2.21. The molecule has 1 aromatic heterocycles. The number of rotatable bonds is 5. The first-order valence-corrected chi connectivity index (χ1v) is 6.75. The van der Waals surface area contributed by atoms with E-state index in [0.717, 1.165) is 12.0 Å². The summed E-state index contributed by atoms with van der Waals surface area (Å²) in [5, 5.41) is 2.02. The lowest BCUT2D eigenvalue weighted by Crippen LogP contribution is -2.06. The van der Waals surface area contributed by atoms with Crippen molar-refractivity contribution in [1.29, 1.82) is 0 Å². The molecule has 0 aliphatic rings. The molecule has 96 valence electrons. The second-order valence-electron chi connectivity index (χ2n) is 4.16. The van der Waals surface area contributed by atoms with Crippen molar-refractivity contribution in [3.05, 3.63) is 52.0 Å². The van der Waals surface area contributed by atoms with Crippen LogP contribution in [0, 0.1) is 5.82 Å². The Morgan fingerprint density at radius 2 is 2.22 bits per heavy atom. The van der Waals surface area contributed by atoms with E-state index in [0.29, 0.717) is 6.61 Å². The van der Waals surface area contributed by atoms with Crippen molar-refractivity contribution in [2.45, 2.75) is 19.4 Å². The quantitative estimate of drug-likeness (QED) is 0.897. The standard InChI is InChI=1S/C14H16FNOS/c1-10(16)11-4-5-14(13(15)9-11)17-7-6-12-3-2-8-18-12/h2-5,8-10H,6-7,16H2,1H3/t10-/m1/s1. The largest absolute Gasteiger partial charge is 0.490 e. The van der Waals surface area contributed by atoms with Gasteiger partial charge in [-0.1, -0.05) is 12.1 Å². The van der Waals surface area contributed by atoms with E-state index in [1.807, 2.05) is 24.4 Å². The highest BCUT2D eigenvalue weighted by Gasteiger charge is 2.07. The Hall–Kier alpha value is -1.39. The maximum Gasteiger partial charge on any atom is 0.165 e. The van der Waals surface area contributed by atoms with Crippen molar-refractivity contribution in [2.75, 3.05) is 6.61 Å². The maximum absolute atomic E-state index is 13.7. The van der Waals surface area contributed by atoms with Crippen molar-refractivity contribution < 1.29 is 9.13 Å². The summed E-state index contributed by atoms with van der Waals surface area (Å²) >= 11 is 1.68. The first-order chi connectivity index (χ1) is 8.66. The third kappa shape index (κ3) is 3.31. The van der Waals surface area contributed by atoms with Crippen LogP contribution in [0.4, 0.5) is 4.39 Å². The normalized spacial score (nSPS) is 12.4. The molecule has 0 spiro atoms. The molecule has 0 bridgehead atoms. The van der Waals surface area contributed by atoms with Gasteiger partial charge >= 0.3 is 0 Å². The number of halogens is 1. The van der Waals surface area contributed by atoms with Crippen molar-refractivity contribution in [1.82, 2.24) is 0 Å². The van der Waals surface area contributed by atoms with Gasteiger partial charge in [-0.15, -0.1) is 11.3 Å². The van der Waals surface area contributed by atoms with Crippen LogP contribution in [0.2, 0.25) is 0 Å². The summed E-state index contributed by atoms with van der Waals surface area (Å²) in [5.41, 5.74) is 6.47. The second kappa shape index (κ2) is 5.98. The molecule has 2 nitrogen and oxygen atoms in total. The maximum atomic E-state index is 13.7. The molecule has 0 aliphatic carbocycles. The Balaban J connectivity index is 1.93. The SMILES string of the molecule is C[C@@H](N)c1ccc(OCCc2cccs2)c(F)c1. The molecule has 0 fully saturated rings. The lowest BCUT2D eigenvalue weighted by molar-refractivity contribution is 0.306. The van der Waals surface area contributed by atoms with Crippen LogP contribution in [-0.4, -0.2) is 6.61 Å². The van der Waals surface area contributed by atoms with Gasteiger partial charge in [-0.05, 0) is 36.1 Å². The lowest BCUT2D eigenvalue weighted by Gasteiger charge is -2.10. The number of thiophene rings is 1. The molecule has 1 atom stereocenters. The summed E-state index contributed by atoms with van der Waals surface area (Å²) in [7, 11) is 0. The minimum Gasteiger partial charge on any atom is -0.490 e. The summed E-state index contributed by atoms with van der Waals surface area (Å²) in [5.74, 6) is -0.0630. The fourth-order valence-electron chi connectivity index (χ4n) is 1.63. The zero-order valence-electron chi connectivity index (χ0n) is 10.2. The van der Waals surface area contributed by atoms with Gasteiger partial charge < -0.3 is 10.5 Å². The highest BCUT2D eigenvalue weighted by atomic mass is 32.1. The third-order valence-electron chi connectivity index (χ3n) is 2.67. The topological polar surface area (TPSA) is 35.2 Å². The van der Waals surface area contributed by atoms with Gasteiger partial charge in [0, 0.05) is 17.3 Å². The van der Waals surface area contributed by atoms with Gasteiger partial charge in [0.2, 0.25) is 0 Å². The number of hydrogen-bond donors (Lipinski definition) is 1. The average molecular weight is 265 g/mol. The zero-order valence-corrected chi connectivity index (χ0v) is 11.0. The van der Waals surface area contributed by atoms with Crippen LogP contribution in [0.5, 0.6) is 5.75 Å². The molecular formula is C14H16FNOS. The van der Waals surface area contributed by atoms with E-state index in [4.69, 9.17) is 10.5 Å². The van der Waals surface area contributed by atoms with Crippen molar-refractivity contribution in [2.24, 2.45) is 5.73 Å². The fourth-order valence-corrected chi connectivity index (χ4v) is 2.32. The van der Waals surface area contributed by atoms with E-state index < -0.39 is 0 Å². The van der Waals surface area contributed by atoms with Crippen LogP contribution in [0.3, 0.4) is 0 Å². The second-order valence-corrected chi connectivity index (χ2v) is 5.19. The molecule has 2 rings (SSSR count). The molecule has 2 N–H and O–H groups in total. The lowest BCUT2D eigenvalue weighted by atomic mass is 10.1. The molecular weight excluding hydrogens is 249 g/mol. The molecule has 18 heavy (non-hydrogen) atoms. The van der Waals surface area contributed by atoms with Gasteiger partial charge in [-0.2, -0.15) is 0 Å². The molecule has 0 saturated heterocycles. The Morgan fingerprint density at radius 3 is 2.83 bits per heavy atom. The van der Waals surface area contributed by atoms with Crippen LogP contribution in [-0.2, 0) is 6.42 Å². The summed E-state index contributed by atoms with van der Waals surface area (Å²) < 4.78 is 19.1. The van der Waals surface area contributed by atoms with E-state index in [9.17, 15) is 4.39 Å². The van der Waals surface area contributed by atoms with Crippen LogP contribution in [0.25, 0.3) is 0 Å². The van der Waals surface area contributed by atoms with Crippen LogP contribution >= 0.6 is 11.3 Å². The molecule has 0 amide bonds. The summed E-state index contributed by atoms with van der Waals surface area (Å²) in [6.45, 7) is 2.31. The average Bonchev–Trinajstić information content (AvgIpc) is 2.84. The predicted octanol–water partition coefficient (Wildman–Crippen LogP) is 3.53. The molecule has 2 aromatic rings. The first-order valence-electron chi connectivity index (χ1n) is 5.87. The van der Waals surface area contributed by atoms with Crippen LogP contribution < -0.4 is 10.5 Å². The van der Waals surface area contributed by atoms with Gasteiger partial charge in [0.05, 0.1) is 6.61 Å². The van der Waals surface area contributed by atoms with Gasteiger partial charge in [-0.25, -0.2) is 4.39 Å². The van der Waals surface area contributed by atoms with Gasteiger partial charge in [0.15, 0.2) is 11.6 Å². The Labute approximate surface area is 110 Å². The first kappa shape index (κ1) is 13.1. The third-order valence-corrected chi connectivity index (χ3v) is 3.60. The van der Waals surface area contributed by atoms with Crippen LogP contribution in [0.1, 0.15) is 23.4 Å². The van der Waals surface area contributed by atoms with E-state index in [1.165, 1.54) is 10.9 Å². The van der Waals surface area contributed by atoms with Gasteiger partial charge in [0.25, 0.3) is 0 Å². The molecule has 4 heteroatoms. The minimum atomic E-state index is -0.351. The fraction of sp³-hybridized carbons (Fsp3) is 0.286. The van der Waals surface area contributed by atoms with Gasteiger partial charge in [-0.3, -0.25) is 0 Å². The monoisotopic (exact) mass is 265 g/mol. The van der Waals surface area contributed by atoms with Gasteiger partial charge in [0.1, 0.15) is 0 Å². The predicted molar refractivity (Wildman–Crippen MR) is 72.5 cm³/mol. The number of hydrogen-bond acceptors (Lipinski definition) is 3. The van der Waals surface area contributed by atoms with Crippen LogP contribution in [0.15, 0.2) is 35.7 Å². The summed E-state index contributed by atoms with van der Waals surface area (Å²) in [4.78, 5) is 1.24. The smallest absolute Gasteiger partial charge is 0.165 e. The molecule has 1 heterocycles. The zero-order chi connectivity index (χ0) is 13.0. The highest BCUT2D eigenvalue weighted by molar-refractivity contribution is 7.09. The summed E-state index contributed by atoms with van der Waals surface area (Å²) in [6, 6.07) is 8.75. The summed E-state index contributed by atoms with van der Waals surface area (Å²) in [6.07, 6.45) is 0.798. The molecule has 0 saturated carbocycles. The van der Waals surface area contributed by atoms with Crippen molar-refractivity contribution in [3.63, 3.8) is 0 Å².